The van der Waals surface area contributed by atoms with Crippen LogP contribution in [0.25, 0.3) is 0 Å². The fourth-order valence-electron chi connectivity index (χ4n) is 3.01. The van der Waals surface area contributed by atoms with E-state index >= 15 is 0 Å². The zero-order chi connectivity index (χ0) is 20.0. The van der Waals surface area contributed by atoms with Gasteiger partial charge in [0.05, 0.1) is 11.3 Å². The van der Waals surface area contributed by atoms with Gasteiger partial charge in [0.1, 0.15) is 0 Å². The van der Waals surface area contributed by atoms with Crippen LogP contribution in [-0.4, -0.2) is 30.2 Å². The van der Waals surface area contributed by atoms with E-state index in [0.29, 0.717) is 6.42 Å². The number of imide groups is 1. The maximum absolute atomic E-state index is 13.0. The molecule has 1 aliphatic rings. The van der Waals surface area contributed by atoms with Crippen molar-refractivity contribution in [2.45, 2.75) is 64.1 Å². The molecule has 1 aromatic carbocycles. The number of anilines is 1. The number of halogens is 3. The van der Waals surface area contributed by atoms with Gasteiger partial charge in [-0.2, -0.15) is 13.2 Å². The Balaban J connectivity index is 2.09. The fraction of sp³-hybridized carbons (Fsp3) is 0.579. The van der Waals surface area contributed by atoms with Crippen LogP contribution in [0.5, 0.6) is 0 Å². The lowest BCUT2D eigenvalue weighted by atomic mass is 10.1. The average molecular weight is 386 g/mol. The van der Waals surface area contributed by atoms with Crippen LogP contribution in [0, 0.1) is 0 Å². The summed E-state index contributed by atoms with van der Waals surface area (Å²) in [5, 5.41) is 0.906. The molecule has 1 atom stereocenters. The van der Waals surface area contributed by atoms with Crippen molar-refractivity contribution in [1.82, 2.24) is 5.06 Å². The number of urea groups is 1. The fourth-order valence-corrected chi connectivity index (χ4v) is 3.01. The Hall–Kier alpha value is -2.09. The molecule has 1 aliphatic heterocycles. The molecule has 3 amide bonds. The third-order valence-electron chi connectivity index (χ3n) is 4.49. The van der Waals surface area contributed by atoms with Crippen LogP contribution in [0.4, 0.5) is 23.7 Å². The second-order valence-corrected chi connectivity index (χ2v) is 6.65. The Labute approximate surface area is 157 Å². The van der Waals surface area contributed by atoms with Crippen molar-refractivity contribution in [3.63, 3.8) is 0 Å². The van der Waals surface area contributed by atoms with Gasteiger partial charge in [0, 0.05) is 7.05 Å². The zero-order valence-electron chi connectivity index (χ0n) is 15.6. The van der Waals surface area contributed by atoms with Crippen molar-refractivity contribution < 1.29 is 27.6 Å². The number of carbonyl (C=O) groups excluding carboxylic acids is 2. The smallest absolute Gasteiger partial charge is 0.271 e. The monoisotopic (exact) mass is 386 g/mol. The first-order valence-electron chi connectivity index (χ1n) is 9.21. The van der Waals surface area contributed by atoms with Crippen molar-refractivity contribution >= 4 is 17.6 Å². The molecular formula is C19H25F3N2O3. The zero-order valence-corrected chi connectivity index (χ0v) is 15.6. The highest BCUT2D eigenvalue weighted by molar-refractivity contribution is 6.16. The molecule has 1 heterocycles. The summed E-state index contributed by atoms with van der Waals surface area (Å²) in [6, 6.07) is 3.38. The lowest BCUT2D eigenvalue weighted by molar-refractivity contribution is -0.174. The van der Waals surface area contributed by atoms with Crippen molar-refractivity contribution in [1.29, 1.82) is 0 Å². The number of alkyl halides is 3. The van der Waals surface area contributed by atoms with E-state index in [2.05, 4.69) is 6.92 Å². The van der Waals surface area contributed by atoms with Crippen LogP contribution in [0.15, 0.2) is 24.3 Å². The number of carbonyl (C=O) groups is 2. The Morgan fingerprint density at radius 1 is 1.07 bits per heavy atom. The summed E-state index contributed by atoms with van der Waals surface area (Å²) in [4.78, 5) is 31.1. The minimum atomic E-state index is -4.56. The molecule has 0 aromatic heterocycles. The van der Waals surface area contributed by atoms with Gasteiger partial charge in [0.15, 0.2) is 6.10 Å². The van der Waals surface area contributed by atoms with Gasteiger partial charge < -0.3 is 0 Å². The summed E-state index contributed by atoms with van der Waals surface area (Å²) in [6.45, 7) is 2.13. The molecular weight excluding hydrogens is 361 g/mol. The minimum absolute atomic E-state index is 0.108. The van der Waals surface area contributed by atoms with Crippen molar-refractivity contribution in [3.8, 4) is 0 Å². The Morgan fingerprint density at radius 2 is 1.74 bits per heavy atom. The van der Waals surface area contributed by atoms with E-state index in [4.69, 9.17) is 4.84 Å². The number of benzene rings is 1. The summed E-state index contributed by atoms with van der Waals surface area (Å²) in [5.41, 5.74) is -1.02. The van der Waals surface area contributed by atoms with Crippen LogP contribution < -0.4 is 4.90 Å². The van der Waals surface area contributed by atoms with Crippen LogP contribution in [0.3, 0.4) is 0 Å². The quantitative estimate of drug-likeness (QED) is 0.580. The minimum Gasteiger partial charge on any atom is -0.271 e. The Morgan fingerprint density at radius 3 is 2.41 bits per heavy atom. The van der Waals surface area contributed by atoms with Crippen LogP contribution in [-0.2, 0) is 15.8 Å². The molecule has 1 saturated heterocycles. The summed E-state index contributed by atoms with van der Waals surface area (Å²) in [6.07, 6.45) is 1.16. The molecule has 2 rings (SSSR count). The predicted octanol–water partition coefficient (Wildman–Crippen LogP) is 5.15. The van der Waals surface area contributed by atoms with E-state index in [9.17, 15) is 22.8 Å². The number of amides is 3. The molecule has 0 bridgehead atoms. The SMILES string of the molecule is CCCCCCCCC1ON(C)C(=O)N(c2cccc(C(F)(F)F)c2)C1=O. The molecule has 150 valence electrons. The number of hydrogen-bond acceptors (Lipinski definition) is 3. The predicted molar refractivity (Wildman–Crippen MR) is 95.0 cm³/mol. The molecule has 0 N–H and O–H groups in total. The summed E-state index contributed by atoms with van der Waals surface area (Å²) >= 11 is 0. The number of nitrogens with zero attached hydrogens (tertiary/aromatic N) is 2. The average Bonchev–Trinajstić information content (AvgIpc) is 2.62. The third-order valence-corrected chi connectivity index (χ3v) is 4.49. The first-order valence-corrected chi connectivity index (χ1v) is 9.21. The molecule has 0 saturated carbocycles. The maximum Gasteiger partial charge on any atom is 0.416 e. The Kier molecular flexibility index (Phi) is 7.24. The van der Waals surface area contributed by atoms with Gasteiger partial charge in [-0.15, -0.1) is 0 Å². The van der Waals surface area contributed by atoms with E-state index in [1.165, 1.54) is 25.6 Å². The lowest BCUT2D eigenvalue weighted by Crippen LogP contribution is -2.56. The second-order valence-electron chi connectivity index (χ2n) is 6.65. The van der Waals surface area contributed by atoms with E-state index in [1.54, 1.807) is 0 Å². The molecule has 0 spiro atoms. The standard InChI is InChI=1S/C19H25F3N2O3/c1-3-4-5-6-7-8-12-16-17(25)24(18(26)23(2)27-16)15-11-9-10-14(13-15)19(20,21)22/h9-11,13,16H,3-8,12H2,1-2H3. The normalized spacial score (nSPS) is 18.3. The summed E-state index contributed by atoms with van der Waals surface area (Å²) in [5.74, 6) is -0.633. The van der Waals surface area contributed by atoms with E-state index in [1.807, 2.05) is 0 Å². The van der Waals surface area contributed by atoms with Gasteiger partial charge in [-0.25, -0.2) is 14.8 Å². The summed E-state index contributed by atoms with van der Waals surface area (Å²) < 4.78 is 38.9. The van der Waals surface area contributed by atoms with Gasteiger partial charge in [0.25, 0.3) is 5.91 Å². The summed E-state index contributed by atoms with van der Waals surface area (Å²) in [7, 11) is 1.35. The number of hydroxylamine groups is 2. The van der Waals surface area contributed by atoms with Crippen LogP contribution in [0.2, 0.25) is 0 Å². The number of rotatable bonds is 8. The van der Waals surface area contributed by atoms with Crippen molar-refractivity contribution in [2.75, 3.05) is 11.9 Å². The highest BCUT2D eigenvalue weighted by atomic mass is 19.4. The molecule has 8 heteroatoms. The van der Waals surface area contributed by atoms with Gasteiger partial charge in [0.2, 0.25) is 0 Å². The molecule has 1 unspecified atom stereocenters. The first-order chi connectivity index (χ1) is 12.8. The molecule has 1 aromatic rings. The van der Waals surface area contributed by atoms with E-state index in [0.717, 1.165) is 54.2 Å². The molecule has 27 heavy (non-hydrogen) atoms. The largest absolute Gasteiger partial charge is 0.416 e. The van der Waals surface area contributed by atoms with Crippen LogP contribution >= 0.6 is 0 Å². The highest BCUT2D eigenvalue weighted by Crippen LogP contribution is 2.33. The van der Waals surface area contributed by atoms with E-state index in [-0.39, 0.29) is 5.69 Å². The topological polar surface area (TPSA) is 49.9 Å². The molecule has 0 radical (unpaired) electrons. The Bertz CT molecular complexity index is 664. The third kappa shape index (κ3) is 5.45. The first kappa shape index (κ1) is 21.2. The second kappa shape index (κ2) is 9.21. The van der Waals surface area contributed by atoms with E-state index < -0.39 is 29.8 Å². The number of hydrogen-bond donors (Lipinski definition) is 0. The van der Waals surface area contributed by atoms with Gasteiger partial charge in [-0.1, -0.05) is 51.5 Å². The molecule has 0 aliphatic carbocycles. The maximum atomic E-state index is 13.0. The van der Waals surface area contributed by atoms with Crippen molar-refractivity contribution in [3.05, 3.63) is 29.8 Å². The highest BCUT2D eigenvalue weighted by Gasteiger charge is 2.40. The van der Waals surface area contributed by atoms with Gasteiger partial charge in [-0.05, 0) is 24.6 Å². The molecule has 1 fully saturated rings. The number of unbranched alkanes of at least 4 members (excludes halogenated alkanes) is 5. The van der Waals surface area contributed by atoms with Gasteiger partial charge >= 0.3 is 12.2 Å². The van der Waals surface area contributed by atoms with Crippen LogP contribution in [0.1, 0.15) is 57.4 Å². The van der Waals surface area contributed by atoms with Gasteiger partial charge in [-0.3, -0.25) is 9.63 Å². The lowest BCUT2D eigenvalue weighted by Gasteiger charge is -2.36. The van der Waals surface area contributed by atoms with Crippen molar-refractivity contribution in [2.24, 2.45) is 0 Å². The molecule has 5 nitrogen and oxygen atoms in total.